The molecule has 0 atom stereocenters. The van der Waals surface area contributed by atoms with Crippen molar-refractivity contribution in [3.63, 3.8) is 0 Å². The van der Waals surface area contributed by atoms with E-state index in [0.29, 0.717) is 46.0 Å². The Morgan fingerprint density at radius 1 is 0.953 bits per heavy atom. The topological polar surface area (TPSA) is 136 Å². The van der Waals surface area contributed by atoms with Gasteiger partial charge in [-0.1, -0.05) is 17.7 Å². The second-order valence-corrected chi connectivity index (χ2v) is 10.0. The number of amides is 2. The fourth-order valence-electron chi connectivity index (χ4n) is 4.27. The van der Waals surface area contributed by atoms with Gasteiger partial charge in [0.2, 0.25) is 11.8 Å². The van der Waals surface area contributed by atoms with Crippen LogP contribution in [0.4, 0.5) is 15.8 Å². The van der Waals surface area contributed by atoms with Crippen molar-refractivity contribution in [3.8, 4) is 23.0 Å². The molecule has 4 aromatic rings. The number of fused-ring (bicyclic) bond motifs is 1. The minimum atomic E-state index is -1.25. The summed E-state index contributed by atoms with van der Waals surface area (Å²) in [6.07, 6.45) is 2.01. The molecule has 3 aromatic carbocycles. The van der Waals surface area contributed by atoms with Gasteiger partial charge in [0, 0.05) is 40.1 Å². The van der Waals surface area contributed by atoms with Gasteiger partial charge in [0.25, 0.3) is 0 Å². The zero-order valence-corrected chi connectivity index (χ0v) is 23.0. The second-order valence-electron chi connectivity index (χ2n) is 9.57. The molecule has 0 aliphatic heterocycles. The molecule has 1 saturated carbocycles. The number of aromatic nitrogens is 1. The van der Waals surface area contributed by atoms with Gasteiger partial charge in [-0.3, -0.25) is 19.4 Å². The number of pyridine rings is 1. The minimum absolute atomic E-state index is 0. The van der Waals surface area contributed by atoms with Crippen molar-refractivity contribution in [1.29, 1.82) is 0 Å². The fourth-order valence-corrected chi connectivity index (χ4v) is 4.46. The Labute approximate surface area is 272 Å². The number of ether oxygens (including phenoxy) is 3. The molecule has 13 heteroatoms. The summed E-state index contributed by atoms with van der Waals surface area (Å²) in [4.78, 5) is 41.0. The molecule has 1 aliphatic rings. The molecule has 1 fully saturated rings. The molecule has 1 aliphatic carbocycles. The second kappa shape index (κ2) is 13.6. The quantitative estimate of drug-likeness (QED) is 0.151. The number of halogens is 2. The maximum absolute atomic E-state index is 15.1. The van der Waals surface area contributed by atoms with Crippen LogP contribution in [0.15, 0.2) is 66.9 Å². The summed E-state index contributed by atoms with van der Waals surface area (Å²) >= 11 is 5.97. The number of hydrogen-bond acceptors (Lipinski definition) is 7. The predicted octanol–water partition coefficient (Wildman–Crippen LogP) is 5.39. The van der Waals surface area contributed by atoms with Crippen LogP contribution in [0.25, 0.3) is 10.9 Å². The number of nitrogens with zero attached hydrogens (tertiary/aromatic N) is 1. The van der Waals surface area contributed by atoms with Crippen LogP contribution in [-0.4, -0.2) is 71.1 Å². The van der Waals surface area contributed by atoms with E-state index < -0.39 is 29.0 Å². The average Bonchev–Trinajstić information content (AvgIpc) is 3.77. The zero-order valence-electron chi connectivity index (χ0n) is 22.3. The Morgan fingerprint density at radius 2 is 1.67 bits per heavy atom. The van der Waals surface area contributed by atoms with E-state index in [1.165, 1.54) is 25.4 Å². The van der Waals surface area contributed by atoms with E-state index in [9.17, 15) is 14.4 Å². The Balaban J connectivity index is 0.00000423. The number of aliphatic carboxylic acids is 1. The number of carbonyl (C=O) groups is 3. The molecule has 0 saturated heterocycles. The molecule has 0 spiro atoms. The monoisotopic (exact) mass is 617 g/mol. The van der Waals surface area contributed by atoms with E-state index >= 15 is 4.39 Å². The van der Waals surface area contributed by atoms with Crippen molar-refractivity contribution in [3.05, 3.63) is 77.7 Å². The fraction of sp³-hybridized carbons (Fsp3) is 0.200. The molecule has 218 valence electrons. The number of carbonyl (C=O) groups excluding carboxylic acids is 2. The van der Waals surface area contributed by atoms with Gasteiger partial charge in [-0.2, -0.15) is 0 Å². The number of carboxylic acid groups (broad SMARTS) is 1. The summed E-state index contributed by atoms with van der Waals surface area (Å²) in [5.41, 5.74) is -0.161. The summed E-state index contributed by atoms with van der Waals surface area (Å²) in [5, 5.41) is 15.2. The number of rotatable bonds is 11. The molecular formula is C30H26ClFN3NaO7. The summed E-state index contributed by atoms with van der Waals surface area (Å²) in [5.74, 6) is -1.95. The van der Waals surface area contributed by atoms with Gasteiger partial charge in [0.05, 0.1) is 25.7 Å². The van der Waals surface area contributed by atoms with Crippen molar-refractivity contribution >= 4 is 81.2 Å². The molecule has 1 aromatic heterocycles. The molecule has 0 bridgehead atoms. The molecule has 43 heavy (non-hydrogen) atoms. The van der Waals surface area contributed by atoms with E-state index in [1.807, 2.05) is 0 Å². The number of methoxy groups -OCH3 is 1. The van der Waals surface area contributed by atoms with Gasteiger partial charge in [-0.15, -0.1) is 0 Å². The number of hydrogen-bond donors (Lipinski definition) is 3. The van der Waals surface area contributed by atoms with Crippen molar-refractivity contribution in [1.82, 2.24) is 4.98 Å². The normalized spacial score (nSPS) is 12.9. The standard InChI is InChI=1S/C30H25ClFN3O7.Na.H/c1-40-25-15-20-22(16-26(25)41-12-8-27(36)37)33-11-7-23(20)42-24-6-5-19(14-21(24)32)35-29(39)30(9-10-30)28(38)34-18-4-2-3-17(31)13-18;;/h2-7,11,13-16H,8-10,12H2,1H3,(H,34,38)(H,35,39)(H,36,37);;. The Morgan fingerprint density at radius 3 is 2.30 bits per heavy atom. The molecule has 1 heterocycles. The van der Waals surface area contributed by atoms with Gasteiger partial charge >= 0.3 is 35.5 Å². The van der Waals surface area contributed by atoms with Gasteiger partial charge in [-0.25, -0.2) is 4.39 Å². The zero-order chi connectivity index (χ0) is 29.9. The molecule has 2 amide bonds. The Hall–Kier alpha value is -3.90. The number of nitrogens with one attached hydrogen (secondary N) is 2. The molecule has 0 unspecified atom stereocenters. The maximum atomic E-state index is 15.1. The van der Waals surface area contributed by atoms with Gasteiger partial charge in [0.1, 0.15) is 11.2 Å². The summed E-state index contributed by atoms with van der Waals surface area (Å²) in [7, 11) is 1.43. The van der Waals surface area contributed by atoms with Crippen molar-refractivity contribution < 1.29 is 38.1 Å². The van der Waals surface area contributed by atoms with Crippen LogP contribution in [-0.2, 0) is 14.4 Å². The van der Waals surface area contributed by atoms with Crippen LogP contribution in [0.1, 0.15) is 19.3 Å². The molecular weight excluding hydrogens is 592 g/mol. The summed E-state index contributed by atoms with van der Waals surface area (Å²) < 4.78 is 31.9. The third kappa shape index (κ3) is 7.37. The van der Waals surface area contributed by atoms with Crippen molar-refractivity contribution in [2.75, 3.05) is 24.4 Å². The van der Waals surface area contributed by atoms with Gasteiger partial charge in [-0.05, 0) is 55.3 Å². The molecule has 0 radical (unpaired) electrons. The van der Waals surface area contributed by atoms with Crippen LogP contribution < -0.4 is 24.8 Å². The summed E-state index contributed by atoms with van der Waals surface area (Å²) in [6, 6.07) is 15.3. The number of benzene rings is 3. The van der Waals surface area contributed by atoms with E-state index in [2.05, 4.69) is 15.6 Å². The summed E-state index contributed by atoms with van der Waals surface area (Å²) in [6.45, 7) is -0.0603. The Kier molecular flexibility index (Phi) is 10.1. The van der Waals surface area contributed by atoms with Gasteiger partial charge in [0.15, 0.2) is 23.1 Å². The number of anilines is 2. The van der Waals surface area contributed by atoms with E-state index in [1.54, 1.807) is 42.5 Å². The first-order valence-corrected chi connectivity index (χ1v) is 13.2. The van der Waals surface area contributed by atoms with Crippen LogP contribution in [0.3, 0.4) is 0 Å². The van der Waals surface area contributed by atoms with Crippen molar-refractivity contribution in [2.45, 2.75) is 19.3 Å². The molecule has 3 N–H and O–H groups in total. The Bertz CT molecular complexity index is 1700. The third-order valence-electron chi connectivity index (χ3n) is 6.67. The average molecular weight is 618 g/mol. The van der Waals surface area contributed by atoms with Crippen molar-refractivity contribution in [2.24, 2.45) is 5.41 Å². The first-order chi connectivity index (χ1) is 20.2. The van der Waals surface area contributed by atoms with Crippen LogP contribution >= 0.6 is 11.6 Å². The van der Waals surface area contributed by atoms with Gasteiger partial charge < -0.3 is 30.0 Å². The third-order valence-corrected chi connectivity index (χ3v) is 6.91. The first-order valence-electron chi connectivity index (χ1n) is 12.9. The SMILES string of the molecule is COc1cc2c(Oc3ccc(NC(=O)C4(C(=O)Nc5cccc(Cl)c5)CC4)cc3F)ccnc2cc1OCCC(=O)O.[NaH]. The van der Waals surface area contributed by atoms with E-state index in [0.717, 1.165) is 6.07 Å². The van der Waals surface area contributed by atoms with E-state index in [-0.39, 0.29) is 59.8 Å². The predicted molar refractivity (Wildman–Crippen MR) is 160 cm³/mol. The van der Waals surface area contributed by atoms with Crippen LogP contribution in [0, 0.1) is 11.2 Å². The molecule has 5 rings (SSSR count). The first kappa shape index (κ1) is 32.0. The molecule has 10 nitrogen and oxygen atoms in total. The van der Waals surface area contributed by atoms with Crippen LogP contribution in [0.2, 0.25) is 5.02 Å². The number of carboxylic acids is 1. The van der Waals surface area contributed by atoms with Crippen LogP contribution in [0.5, 0.6) is 23.0 Å². The van der Waals surface area contributed by atoms with E-state index in [4.69, 9.17) is 30.9 Å².